The van der Waals surface area contributed by atoms with Gasteiger partial charge in [-0.25, -0.2) is 9.13 Å². The summed E-state index contributed by atoms with van der Waals surface area (Å²) in [7, 11) is 1.41. The van der Waals surface area contributed by atoms with Crippen LogP contribution in [0.3, 0.4) is 0 Å². The quantitative estimate of drug-likeness (QED) is 0.671. The Balaban J connectivity index is 2.95. The Morgan fingerprint density at radius 3 is 2.57 bits per heavy atom. The minimum absolute atomic E-state index is 0.423. The lowest BCUT2D eigenvalue weighted by atomic mass is 10.3. The SMILES string of the molecule is CCCCn1cc[n+](C)c1C(F)(F)F. The Morgan fingerprint density at radius 1 is 1.43 bits per heavy atom. The van der Waals surface area contributed by atoms with Gasteiger partial charge in [0, 0.05) is 0 Å². The lowest BCUT2D eigenvalue weighted by Crippen LogP contribution is -2.37. The van der Waals surface area contributed by atoms with Crippen LogP contribution in [0.1, 0.15) is 25.6 Å². The molecule has 0 amide bonds. The second-order valence-corrected chi connectivity index (χ2v) is 3.28. The molecule has 1 heterocycles. The molecule has 0 bridgehead atoms. The Kier molecular flexibility index (Phi) is 3.18. The first kappa shape index (κ1) is 11.1. The lowest BCUT2D eigenvalue weighted by molar-refractivity contribution is -0.691. The molecule has 0 aliphatic carbocycles. The predicted octanol–water partition coefficient (Wildman–Crippen LogP) is 2.13. The molecule has 1 rings (SSSR count). The van der Waals surface area contributed by atoms with Crippen molar-refractivity contribution in [3.05, 3.63) is 18.2 Å². The van der Waals surface area contributed by atoms with Gasteiger partial charge in [-0.15, -0.1) is 0 Å². The summed E-state index contributed by atoms with van der Waals surface area (Å²) < 4.78 is 39.9. The normalized spacial score (nSPS) is 12.1. The second kappa shape index (κ2) is 4.02. The van der Waals surface area contributed by atoms with Crippen molar-refractivity contribution in [3.8, 4) is 0 Å². The number of aryl methyl sites for hydroxylation is 2. The lowest BCUT2D eigenvalue weighted by Gasteiger charge is -2.04. The monoisotopic (exact) mass is 207 g/mol. The van der Waals surface area contributed by atoms with Gasteiger partial charge in [0.25, 0.3) is 0 Å². The summed E-state index contributed by atoms with van der Waals surface area (Å²) in [6.45, 7) is 2.38. The Hall–Kier alpha value is -1.00. The van der Waals surface area contributed by atoms with Gasteiger partial charge in [-0.05, 0) is 6.42 Å². The highest BCUT2D eigenvalue weighted by molar-refractivity contribution is 4.88. The van der Waals surface area contributed by atoms with Gasteiger partial charge in [0.05, 0.1) is 13.6 Å². The van der Waals surface area contributed by atoms with E-state index in [2.05, 4.69) is 0 Å². The van der Waals surface area contributed by atoms with Crippen molar-refractivity contribution in [2.24, 2.45) is 7.05 Å². The fourth-order valence-electron chi connectivity index (χ4n) is 1.40. The van der Waals surface area contributed by atoms with Crippen molar-refractivity contribution in [2.75, 3.05) is 0 Å². The van der Waals surface area contributed by atoms with E-state index in [0.717, 1.165) is 17.4 Å². The molecule has 0 saturated heterocycles. The maximum atomic E-state index is 12.5. The molecule has 80 valence electrons. The molecule has 1 aromatic rings. The van der Waals surface area contributed by atoms with Crippen LogP contribution in [0.4, 0.5) is 13.2 Å². The molecular formula is C9H14F3N2+. The summed E-state index contributed by atoms with van der Waals surface area (Å²) in [5.74, 6) is -0.592. The fraction of sp³-hybridized carbons (Fsp3) is 0.667. The minimum Gasteiger partial charge on any atom is -0.229 e. The van der Waals surface area contributed by atoms with Gasteiger partial charge in [-0.1, -0.05) is 13.3 Å². The second-order valence-electron chi connectivity index (χ2n) is 3.28. The third kappa shape index (κ3) is 2.27. The van der Waals surface area contributed by atoms with Crippen molar-refractivity contribution in [3.63, 3.8) is 0 Å². The minimum atomic E-state index is -4.27. The zero-order valence-electron chi connectivity index (χ0n) is 8.30. The van der Waals surface area contributed by atoms with Crippen LogP contribution in [0.5, 0.6) is 0 Å². The zero-order chi connectivity index (χ0) is 10.8. The number of imidazole rings is 1. The molecule has 5 heteroatoms. The van der Waals surface area contributed by atoms with Crippen LogP contribution in [-0.4, -0.2) is 4.57 Å². The molecule has 0 spiro atoms. The molecule has 1 aromatic heterocycles. The van der Waals surface area contributed by atoms with Gasteiger partial charge in [-0.3, -0.25) is 0 Å². The fourth-order valence-corrected chi connectivity index (χ4v) is 1.40. The van der Waals surface area contributed by atoms with Crippen LogP contribution in [0.15, 0.2) is 12.4 Å². The molecule has 0 aliphatic heterocycles. The summed E-state index contributed by atoms with van der Waals surface area (Å²) in [5, 5.41) is 0. The third-order valence-electron chi connectivity index (χ3n) is 2.08. The van der Waals surface area contributed by atoms with Crippen LogP contribution in [0.25, 0.3) is 0 Å². The molecule has 0 radical (unpaired) electrons. The summed E-state index contributed by atoms with van der Waals surface area (Å²) in [5.41, 5.74) is 0. The van der Waals surface area contributed by atoms with Crippen molar-refractivity contribution in [1.82, 2.24) is 4.57 Å². The average molecular weight is 207 g/mol. The number of alkyl halides is 3. The molecule has 0 aromatic carbocycles. The Morgan fingerprint density at radius 2 is 2.07 bits per heavy atom. The van der Waals surface area contributed by atoms with E-state index in [1.165, 1.54) is 24.0 Å². The summed E-state index contributed by atoms with van der Waals surface area (Å²) in [6.07, 6.45) is 0.278. The molecule has 0 unspecified atom stereocenters. The van der Waals surface area contributed by atoms with E-state index in [1.807, 2.05) is 6.92 Å². The van der Waals surface area contributed by atoms with Crippen LogP contribution in [0.2, 0.25) is 0 Å². The first-order chi connectivity index (χ1) is 6.46. The standard InChI is InChI=1S/C9H14F3N2/c1-3-4-5-14-7-6-13(2)8(14)9(10,11)12/h6-7H,3-5H2,1-2H3/q+1. The van der Waals surface area contributed by atoms with Gasteiger partial charge in [0.15, 0.2) is 0 Å². The number of hydrogen-bond donors (Lipinski definition) is 0. The highest BCUT2D eigenvalue weighted by Crippen LogP contribution is 2.26. The molecular weight excluding hydrogens is 193 g/mol. The topological polar surface area (TPSA) is 8.81 Å². The van der Waals surface area contributed by atoms with E-state index in [4.69, 9.17) is 0 Å². The van der Waals surface area contributed by atoms with Gasteiger partial charge in [0.1, 0.15) is 12.4 Å². The summed E-state index contributed by atoms with van der Waals surface area (Å²) >= 11 is 0. The van der Waals surface area contributed by atoms with Crippen molar-refractivity contribution in [1.29, 1.82) is 0 Å². The number of rotatable bonds is 3. The number of hydrogen-bond acceptors (Lipinski definition) is 0. The van der Waals surface area contributed by atoms with Crippen molar-refractivity contribution >= 4 is 0 Å². The smallest absolute Gasteiger partial charge is 0.229 e. The molecule has 2 nitrogen and oxygen atoms in total. The van der Waals surface area contributed by atoms with Crippen molar-refractivity contribution < 1.29 is 17.7 Å². The van der Waals surface area contributed by atoms with E-state index in [1.54, 1.807) is 0 Å². The zero-order valence-corrected chi connectivity index (χ0v) is 8.30. The molecule has 14 heavy (non-hydrogen) atoms. The largest absolute Gasteiger partial charge is 0.495 e. The third-order valence-corrected chi connectivity index (χ3v) is 2.08. The van der Waals surface area contributed by atoms with Crippen LogP contribution in [-0.2, 0) is 19.8 Å². The molecule has 0 aliphatic rings. The maximum Gasteiger partial charge on any atom is 0.495 e. The van der Waals surface area contributed by atoms with E-state index in [9.17, 15) is 13.2 Å². The number of halogens is 3. The Labute approximate surface area is 81.0 Å². The first-order valence-corrected chi connectivity index (χ1v) is 4.58. The average Bonchev–Trinajstić information content (AvgIpc) is 2.42. The highest BCUT2D eigenvalue weighted by Gasteiger charge is 2.43. The molecule has 0 saturated carbocycles. The van der Waals surface area contributed by atoms with E-state index in [-0.39, 0.29) is 0 Å². The molecule has 0 atom stereocenters. The van der Waals surface area contributed by atoms with Crippen molar-refractivity contribution in [2.45, 2.75) is 32.5 Å². The van der Waals surface area contributed by atoms with Crippen LogP contribution in [0, 0.1) is 0 Å². The van der Waals surface area contributed by atoms with E-state index < -0.39 is 12.0 Å². The van der Waals surface area contributed by atoms with Crippen LogP contribution >= 0.6 is 0 Å². The number of aromatic nitrogens is 2. The van der Waals surface area contributed by atoms with Crippen LogP contribution < -0.4 is 4.57 Å². The van der Waals surface area contributed by atoms with Gasteiger partial charge < -0.3 is 0 Å². The van der Waals surface area contributed by atoms with E-state index in [0.29, 0.717) is 6.54 Å². The first-order valence-electron chi connectivity index (χ1n) is 4.58. The predicted molar refractivity (Wildman–Crippen MR) is 45.5 cm³/mol. The summed E-state index contributed by atoms with van der Waals surface area (Å²) in [4.78, 5) is 0. The number of unbranched alkanes of at least 4 members (excludes halogenated alkanes) is 1. The van der Waals surface area contributed by atoms with Gasteiger partial charge >= 0.3 is 12.0 Å². The molecule has 0 N–H and O–H groups in total. The highest BCUT2D eigenvalue weighted by atomic mass is 19.4. The maximum absolute atomic E-state index is 12.5. The Bertz CT molecular complexity index is 301. The van der Waals surface area contributed by atoms with Gasteiger partial charge in [0.2, 0.25) is 0 Å². The molecule has 0 fully saturated rings. The number of nitrogens with zero attached hydrogens (tertiary/aromatic N) is 2. The van der Waals surface area contributed by atoms with E-state index >= 15 is 0 Å². The summed E-state index contributed by atoms with van der Waals surface area (Å²) in [6, 6.07) is 0. The van der Waals surface area contributed by atoms with Gasteiger partial charge in [-0.2, -0.15) is 13.2 Å².